The summed E-state index contributed by atoms with van der Waals surface area (Å²) in [6.07, 6.45) is 0. The summed E-state index contributed by atoms with van der Waals surface area (Å²) in [5, 5.41) is 6.71. The average Bonchev–Trinajstić information content (AvgIpc) is 2.93. The van der Waals surface area contributed by atoms with Crippen molar-refractivity contribution in [1.29, 1.82) is 0 Å². The number of nitrogens with one attached hydrogen (secondary N) is 1. The van der Waals surface area contributed by atoms with Gasteiger partial charge in [0.2, 0.25) is 0 Å². The fourth-order valence-electron chi connectivity index (χ4n) is 2.73. The van der Waals surface area contributed by atoms with Gasteiger partial charge in [0.25, 0.3) is 5.91 Å². The molecule has 4 rings (SSSR count). The van der Waals surface area contributed by atoms with Crippen molar-refractivity contribution in [3.05, 3.63) is 75.6 Å². The molecule has 0 aliphatic carbocycles. The van der Waals surface area contributed by atoms with Gasteiger partial charge in [0.1, 0.15) is 4.88 Å². The van der Waals surface area contributed by atoms with Gasteiger partial charge in [0.15, 0.2) is 0 Å². The molecule has 0 atom stereocenters. The molecule has 0 unspecified atom stereocenters. The van der Waals surface area contributed by atoms with Crippen molar-refractivity contribution in [3.8, 4) is 0 Å². The van der Waals surface area contributed by atoms with Crippen LogP contribution in [0.5, 0.6) is 0 Å². The average molecular weight is 372 g/mol. The van der Waals surface area contributed by atoms with Crippen LogP contribution in [0.3, 0.4) is 0 Å². The third kappa shape index (κ3) is 2.55. The molecule has 2 nitrogen and oxygen atoms in total. The van der Waals surface area contributed by atoms with Crippen molar-refractivity contribution in [1.82, 2.24) is 0 Å². The Morgan fingerprint density at radius 2 is 1.67 bits per heavy atom. The minimum Gasteiger partial charge on any atom is -0.321 e. The number of anilines is 1. The van der Waals surface area contributed by atoms with Gasteiger partial charge in [-0.1, -0.05) is 65.7 Å². The van der Waals surface area contributed by atoms with E-state index in [2.05, 4.69) is 5.32 Å². The van der Waals surface area contributed by atoms with E-state index in [-0.39, 0.29) is 5.91 Å². The standard InChI is InChI=1S/C19H11Cl2NOS/c20-13-8-4-10-15-16(13)17(21)18(24-15)19(23)22-14-9-3-6-11-5-1-2-7-12(11)14/h1-10H,(H,22,23). The van der Waals surface area contributed by atoms with Crippen LogP contribution in [0.2, 0.25) is 10.0 Å². The molecule has 3 aromatic carbocycles. The molecule has 118 valence electrons. The van der Waals surface area contributed by atoms with Crippen LogP contribution in [0.1, 0.15) is 9.67 Å². The molecule has 0 aliphatic rings. The van der Waals surface area contributed by atoms with Crippen molar-refractivity contribution < 1.29 is 4.79 Å². The molecule has 0 saturated carbocycles. The summed E-state index contributed by atoms with van der Waals surface area (Å²) in [6, 6.07) is 19.3. The summed E-state index contributed by atoms with van der Waals surface area (Å²) in [7, 11) is 0. The van der Waals surface area contributed by atoms with Crippen molar-refractivity contribution in [2.24, 2.45) is 0 Å². The Labute approximate surface area is 152 Å². The highest BCUT2D eigenvalue weighted by atomic mass is 35.5. The Hall–Kier alpha value is -2.07. The van der Waals surface area contributed by atoms with Gasteiger partial charge in [-0.3, -0.25) is 4.79 Å². The molecule has 5 heteroatoms. The first-order chi connectivity index (χ1) is 11.6. The molecule has 0 spiro atoms. The van der Waals surface area contributed by atoms with Gasteiger partial charge in [-0.2, -0.15) is 0 Å². The zero-order valence-corrected chi connectivity index (χ0v) is 14.7. The highest BCUT2D eigenvalue weighted by Gasteiger charge is 2.19. The Morgan fingerprint density at radius 1 is 0.917 bits per heavy atom. The molecule has 1 amide bonds. The molecule has 0 saturated heterocycles. The van der Waals surface area contributed by atoms with E-state index in [4.69, 9.17) is 23.2 Å². The topological polar surface area (TPSA) is 29.1 Å². The maximum atomic E-state index is 12.7. The Morgan fingerprint density at radius 3 is 2.50 bits per heavy atom. The Bertz CT molecular complexity index is 1080. The molecule has 1 aromatic heterocycles. The van der Waals surface area contributed by atoms with E-state index in [1.165, 1.54) is 11.3 Å². The SMILES string of the molecule is O=C(Nc1cccc2ccccc12)c1sc2cccc(Cl)c2c1Cl. The highest BCUT2D eigenvalue weighted by Crippen LogP contribution is 2.39. The number of hydrogen-bond acceptors (Lipinski definition) is 2. The first-order valence-corrected chi connectivity index (χ1v) is 8.88. The van der Waals surface area contributed by atoms with E-state index < -0.39 is 0 Å². The number of thiophene rings is 1. The fourth-order valence-corrected chi connectivity index (χ4v) is 4.58. The quantitative estimate of drug-likeness (QED) is 0.421. The van der Waals surface area contributed by atoms with Crippen molar-refractivity contribution in [3.63, 3.8) is 0 Å². The van der Waals surface area contributed by atoms with Gasteiger partial charge in [-0.15, -0.1) is 11.3 Å². The predicted octanol–water partition coefficient (Wildman–Crippen LogP) is 6.61. The molecule has 4 aromatic rings. The maximum Gasteiger partial charge on any atom is 0.267 e. The summed E-state index contributed by atoms with van der Waals surface area (Å²) in [4.78, 5) is 13.2. The van der Waals surface area contributed by atoms with Crippen LogP contribution in [0.4, 0.5) is 5.69 Å². The second kappa shape index (κ2) is 6.10. The maximum absolute atomic E-state index is 12.7. The summed E-state index contributed by atoms with van der Waals surface area (Å²) in [5.74, 6) is -0.228. The van der Waals surface area contributed by atoms with E-state index in [9.17, 15) is 4.79 Å². The van der Waals surface area contributed by atoms with Crippen LogP contribution in [0.25, 0.3) is 20.9 Å². The molecule has 0 radical (unpaired) electrons. The lowest BCUT2D eigenvalue weighted by Gasteiger charge is -2.08. The largest absolute Gasteiger partial charge is 0.321 e. The predicted molar refractivity (Wildman–Crippen MR) is 104 cm³/mol. The summed E-state index contributed by atoms with van der Waals surface area (Å²) in [5.41, 5.74) is 0.762. The zero-order valence-electron chi connectivity index (χ0n) is 12.3. The van der Waals surface area contributed by atoms with Gasteiger partial charge >= 0.3 is 0 Å². The molecule has 0 bridgehead atoms. The normalized spacial score (nSPS) is 11.1. The van der Waals surface area contributed by atoms with Crippen LogP contribution in [0, 0.1) is 0 Å². The molecule has 24 heavy (non-hydrogen) atoms. The molecule has 1 N–H and O–H groups in total. The zero-order chi connectivity index (χ0) is 16.7. The Kier molecular flexibility index (Phi) is 3.93. The third-order valence-electron chi connectivity index (χ3n) is 3.85. The molecule has 1 heterocycles. The van der Waals surface area contributed by atoms with Gasteiger partial charge in [0.05, 0.1) is 10.0 Å². The van der Waals surface area contributed by atoms with E-state index in [1.807, 2.05) is 54.6 Å². The fraction of sp³-hybridized carbons (Fsp3) is 0. The molecular formula is C19H11Cl2NOS. The van der Waals surface area contributed by atoms with E-state index in [1.54, 1.807) is 6.07 Å². The third-order valence-corrected chi connectivity index (χ3v) is 5.81. The number of benzene rings is 3. The molecule has 0 fully saturated rings. The van der Waals surface area contributed by atoms with E-state index >= 15 is 0 Å². The first-order valence-electron chi connectivity index (χ1n) is 7.31. The highest BCUT2D eigenvalue weighted by molar-refractivity contribution is 7.21. The van der Waals surface area contributed by atoms with E-state index in [0.717, 1.165) is 26.5 Å². The summed E-state index contributed by atoms with van der Waals surface area (Å²) >= 11 is 14.0. The van der Waals surface area contributed by atoms with Crippen LogP contribution >= 0.6 is 34.5 Å². The second-order valence-electron chi connectivity index (χ2n) is 5.34. The second-order valence-corrected chi connectivity index (χ2v) is 7.18. The lowest BCUT2D eigenvalue weighted by atomic mass is 10.1. The minimum atomic E-state index is -0.228. The number of carbonyl (C=O) groups is 1. The van der Waals surface area contributed by atoms with Crippen LogP contribution in [0.15, 0.2) is 60.7 Å². The van der Waals surface area contributed by atoms with Crippen molar-refractivity contribution >= 4 is 67.0 Å². The summed E-state index contributed by atoms with van der Waals surface area (Å²) in [6.45, 7) is 0. The minimum absolute atomic E-state index is 0.228. The number of amides is 1. The first kappa shape index (κ1) is 15.5. The van der Waals surface area contributed by atoms with Crippen LogP contribution in [-0.2, 0) is 0 Å². The van der Waals surface area contributed by atoms with Crippen LogP contribution in [-0.4, -0.2) is 5.91 Å². The molecule has 0 aliphatic heterocycles. The Balaban J connectivity index is 1.77. The number of fused-ring (bicyclic) bond motifs is 2. The monoisotopic (exact) mass is 371 g/mol. The van der Waals surface area contributed by atoms with Crippen LogP contribution < -0.4 is 5.32 Å². The van der Waals surface area contributed by atoms with E-state index in [0.29, 0.717) is 14.9 Å². The van der Waals surface area contributed by atoms with Gasteiger partial charge < -0.3 is 5.32 Å². The number of carbonyl (C=O) groups excluding carboxylic acids is 1. The lowest BCUT2D eigenvalue weighted by molar-refractivity contribution is 0.103. The number of hydrogen-bond donors (Lipinski definition) is 1. The smallest absolute Gasteiger partial charge is 0.267 e. The van der Waals surface area contributed by atoms with Gasteiger partial charge in [0, 0.05) is 21.2 Å². The molecular weight excluding hydrogens is 361 g/mol. The van der Waals surface area contributed by atoms with Gasteiger partial charge in [-0.25, -0.2) is 0 Å². The summed E-state index contributed by atoms with van der Waals surface area (Å²) < 4.78 is 0.899. The van der Waals surface area contributed by atoms with Crippen molar-refractivity contribution in [2.75, 3.05) is 5.32 Å². The van der Waals surface area contributed by atoms with Gasteiger partial charge in [-0.05, 0) is 23.6 Å². The number of rotatable bonds is 2. The van der Waals surface area contributed by atoms with Crippen molar-refractivity contribution in [2.45, 2.75) is 0 Å². The number of halogens is 2. The lowest BCUT2D eigenvalue weighted by Crippen LogP contribution is -2.10.